The molecular weight excluding hydrogens is 346 g/mol. The van der Waals surface area contributed by atoms with Crippen molar-refractivity contribution in [3.63, 3.8) is 0 Å². The van der Waals surface area contributed by atoms with E-state index in [0.717, 1.165) is 23.4 Å². The topological polar surface area (TPSA) is 20.3 Å². The third-order valence-electron chi connectivity index (χ3n) is 4.76. The van der Waals surface area contributed by atoms with Crippen molar-refractivity contribution in [2.45, 2.75) is 59.3 Å². The summed E-state index contributed by atoms with van der Waals surface area (Å²) in [4.78, 5) is 15.3. The number of hydrogen-bond donors (Lipinski definition) is 0. The molecule has 1 aliphatic rings. The van der Waals surface area contributed by atoms with Crippen molar-refractivity contribution in [3.05, 3.63) is 40.3 Å². The lowest BCUT2D eigenvalue weighted by Gasteiger charge is -2.21. The summed E-state index contributed by atoms with van der Waals surface area (Å²) in [5, 5.41) is 0. The lowest BCUT2D eigenvalue weighted by Crippen LogP contribution is -2.33. The van der Waals surface area contributed by atoms with Crippen LogP contribution in [0.1, 0.15) is 70.4 Å². The standard InChI is InChI=1S/C21H29NOS2/c1-5-7-8-16(6-2)14-22-20(23)19(25-21(22)24)13-17-9-11-18(12-10-17)15(3)4/h9-13,15-16H,5-8,14H2,1-4H3/b19-13-/t16-/m1/s1. The van der Waals surface area contributed by atoms with Crippen LogP contribution >= 0.6 is 24.0 Å². The second-order valence-corrected chi connectivity index (χ2v) is 8.71. The molecule has 25 heavy (non-hydrogen) atoms. The van der Waals surface area contributed by atoms with Gasteiger partial charge in [-0.2, -0.15) is 0 Å². The van der Waals surface area contributed by atoms with Crippen LogP contribution in [0.25, 0.3) is 6.08 Å². The average Bonchev–Trinajstić information content (AvgIpc) is 2.86. The molecular formula is C21H29NOS2. The Morgan fingerprint density at radius 2 is 1.88 bits per heavy atom. The van der Waals surface area contributed by atoms with Gasteiger partial charge in [0.05, 0.1) is 4.91 Å². The summed E-state index contributed by atoms with van der Waals surface area (Å²) in [6, 6.07) is 8.43. The van der Waals surface area contributed by atoms with Gasteiger partial charge < -0.3 is 0 Å². The Hall–Kier alpha value is -1.13. The van der Waals surface area contributed by atoms with E-state index in [1.807, 2.05) is 6.08 Å². The molecule has 0 aromatic heterocycles. The summed E-state index contributed by atoms with van der Waals surface area (Å²) < 4.78 is 0.699. The molecule has 0 radical (unpaired) electrons. The Bertz CT molecular complexity index is 634. The summed E-state index contributed by atoms with van der Waals surface area (Å²) >= 11 is 6.90. The molecule has 1 fully saturated rings. The van der Waals surface area contributed by atoms with Gasteiger partial charge >= 0.3 is 0 Å². The van der Waals surface area contributed by atoms with E-state index in [0.29, 0.717) is 16.2 Å². The number of carbonyl (C=O) groups excluding carboxylic acids is 1. The SMILES string of the molecule is CCCC[C@@H](CC)CN1C(=O)/C(=C/c2ccc(C(C)C)cc2)SC1=S. The number of rotatable bonds is 8. The number of benzene rings is 1. The molecule has 0 spiro atoms. The van der Waals surface area contributed by atoms with Crippen molar-refractivity contribution < 1.29 is 4.79 Å². The molecule has 1 aromatic carbocycles. The number of thiocarbonyl (C=S) groups is 1. The van der Waals surface area contributed by atoms with Gasteiger partial charge in [0.15, 0.2) is 0 Å². The first-order valence-corrected chi connectivity index (χ1v) is 10.5. The first-order chi connectivity index (χ1) is 12.0. The van der Waals surface area contributed by atoms with Crippen LogP contribution in [0.5, 0.6) is 0 Å². The predicted molar refractivity (Wildman–Crippen MR) is 114 cm³/mol. The molecule has 0 saturated carbocycles. The molecule has 0 aliphatic carbocycles. The van der Waals surface area contributed by atoms with E-state index in [2.05, 4.69) is 52.0 Å². The molecule has 0 N–H and O–H groups in total. The van der Waals surface area contributed by atoms with Gasteiger partial charge in [-0.3, -0.25) is 9.69 Å². The lowest BCUT2D eigenvalue weighted by atomic mass is 9.99. The van der Waals surface area contributed by atoms with E-state index in [9.17, 15) is 4.79 Å². The van der Waals surface area contributed by atoms with Crippen LogP contribution in [0, 0.1) is 5.92 Å². The molecule has 2 nitrogen and oxygen atoms in total. The highest BCUT2D eigenvalue weighted by Gasteiger charge is 2.33. The molecule has 0 bridgehead atoms. The lowest BCUT2D eigenvalue weighted by molar-refractivity contribution is -0.122. The zero-order chi connectivity index (χ0) is 18.4. The summed E-state index contributed by atoms with van der Waals surface area (Å²) in [5.74, 6) is 1.12. The zero-order valence-electron chi connectivity index (χ0n) is 15.7. The Morgan fingerprint density at radius 1 is 1.20 bits per heavy atom. The molecule has 1 atom stereocenters. The first kappa shape index (κ1) is 20.2. The highest BCUT2D eigenvalue weighted by Crippen LogP contribution is 2.34. The fraction of sp³-hybridized carbons (Fsp3) is 0.524. The van der Waals surface area contributed by atoms with Crippen LogP contribution in [0.4, 0.5) is 0 Å². The third-order valence-corrected chi connectivity index (χ3v) is 6.14. The van der Waals surface area contributed by atoms with Gasteiger partial charge in [0.25, 0.3) is 5.91 Å². The summed E-state index contributed by atoms with van der Waals surface area (Å²) in [6.45, 7) is 9.53. The fourth-order valence-corrected chi connectivity index (χ4v) is 4.24. The Labute approximate surface area is 162 Å². The zero-order valence-corrected chi connectivity index (χ0v) is 17.4. The van der Waals surface area contributed by atoms with Gasteiger partial charge in [-0.1, -0.05) is 95.2 Å². The average molecular weight is 376 g/mol. The maximum Gasteiger partial charge on any atom is 0.266 e. The summed E-state index contributed by atoms with van der Waals surface area (Å²) in [5.41, 5.74) is 2.37. The number of hydrogen-bond acceptors (Lipinski definition) is 3. The molecule has 1 aliphatic heterocycles. The van der Waals surface area contributed by atoms with Crippen LogP contribution in [0.15, 0.2) is 29.2 Å². The summed E-state index contributed by atoms with van der Waals surface area (Å²) in [6.07, 6.45) is 6.63. The second-order valence-electron chi connectivity index (χ2n) is 7.03. The van der Waals surface area contributed by atoms with E-state index in [4.69, 9.17) is 12.2 Å². The molecule has 1 amide bonds. The summed E-state index contributed by atoms with van der Waals surface area (Å²) in [7, 11) is 0. The van der Waals surface area contributed by atoms with E-state index in [-0.39, 0.29) is 5.91 Å². The minimum atomic E-state index is 0.0675. The third kappa shape index (κ3) is 5.42. The van der Waals surface area contributed by atoms with Crippen molar-refractivity contribution in [1.29, 1.82) is 0 Å². The van der Waals surface area contributed by atoms with Gasteiger partial charge in [-0.15, -0.1) is 0 Å². The van der Waals surface area contributed by atoms with Crippen LogP contribution < -0.4 is 0 Å². The quantitative estimate of drug-likeness (QED) is 0.397. The molecule has 2 rings (SSSR count). The number of amides is 1. The van der Waals surface area contributed by atoms with Crippen molar-refractivity contribution >= 4 is 40.3 Å². The Balaban J connectivity index is 2.08. The number of thioether (sulfide) groups is 1. The highest BCUT2D eigenvalue weighted by atomic mass is 32.2. The van der Waals surface area contributed by atoms with Gasteiger partial charge in [0.1, 0.15) is 4.32 Å². The predicted octanol–water partition coefficient (Wildman–Crippen LogP) is 6.23. The van der Waals surface area contributed by atoms with E-state index < -0.39 is 0 Å². The van der Waals surface area contributed by atoms with Gasteiger partial charge in [-0.05, 0) is 35.5 Å². The largest absolute Gasteiger partial charge is 0.293 e. The minimum absolute atomic E-state index is 0.0675. The van der Waals surface area contributed by atoms with Crippen LogP contribution in [-0.4, -0.2) is 21.7 Å². The van der Waals surface area contributed by atoms with Gasteiger partial charge in [-0.25, -0.2) is 0 Å². The van der Waals surface area contributed by atoms with Crippen molar-refractivity contribution in [1.82, 2.24) is 4.90 Å². The van der Waals surface area contributed by atoms with E-state index >= 15 is 0 Å². The molecule has 0 unspecified atom stereocenters. The number of unbranched alkanes of at least 4 members (excludes halogenated alkanes) is 1. The van der Waals surface area contributed by atoms with E-state index in [1.54, 1.807) is 4.90 Å². The van der Waals surface area contributed by atoms with Gasteiger partial charge in [0.2, 0.25) is 0 Å². The van der Waals surface area contributed by atoms with Gasteiger partial charge in [0, 0.05) is 6.54 Å². The second kappa shape index (κ2) is 9.54. The maximum atomic E-state index is 12.8. The molecule has 1 heterocycles. The van der Waals surface area contributed by atoms with Crippen LogP contribution in [0.3, 0.4) is 0 Å². The molecule has 4 heteroatoms. The smallest absolute Gasteiger partial charge is 0.266 e. The molecule has 1 aromatic rings. The number of carbonyl (C=O) groups is 1. The Morgan fingerprint density at radius 3 is 2.44 bits per heavy atom. The monoisotopic (exact) mass is 375 g/mol. The number of nitrogens with zero attached hydrogens (tertiary/aromatic N) is 1. The maximum absolute atomic E-state index is 12.8. The molecule has 136 valence electrons. The van der Waals surface area contributed by atoms with E-state index in [1.165, 1.54) is 36.6 Å². The van der Waals surface area contributed by atoms with Crippen LogP contribution in [-0.2, 0) is 4.79 Å². The minimum Gasteiger partial charge on any atom is -0.293 e. The van der Waals surface area contributed by atoms with Crippen molar-refractivity contribution in [2.75, 3.05) is 6.54 Å². The Kier molecular flexibility index (Phi) is 7.70. The normalized spacial score (nSPS) is 17.8. The van der Waals surface area contributed by atoms with Crippen LogP contribution in [0.2, 0.25) is 0 Å². The fourth-order valence-electron chi connectivity index (χ4n) is 2.96. The first-order valence-electron chi connectivity index (χ1n) is 9.31. The molecule has 1 saturated heterocycles. The highest BCUT2D eigenvalue weighted by molar-refractivity contribution is 8.26. The van der Waals surface area contributed by atoms with Crippen molar-refractivity contribution in [2.24, 2.45) is 5.92 Å². The van der Waals surface area contributed by atoms with Crippen molar-refractivity contribution in [3.8, 4) is 0 Å².